The molecule has 0 fully saturated rings. The van der Waals surface area contributed by atoms with E-state index in [0.717, 1.165) is 12.1 Å². The van der Waals surface area contributed by atoms with Crippen LogP contribution in [0, 0.1) is 28.4 Å². The van der Waals surface area contributed by atoms with Crippen LogP contribution in [0.5, 0.6) is 0 Å². The van der Waals surface area contributed by atoms with Crippen molar-refractivity contribution < 1.29 is 14.8 Å². The summed E-state index contributed by atoms with van der Waals surface area (Å²) in [7, 11) is 0. The van der Waals surface area contributed by atoms with E-state index < -0.39 is 10.9 Å². The quantitative estimate of drug-likeness (QED) is 0.486. The van der Waals surface area contributed by atoms with Gasteiger partial charge in [0.25, 0.3) is 5.69 Å². The third kappa shape index (κ3) is 2.89. The molecule has 1 aromatic rings. The van der Waals surface area contributed by atoms with Crippen molar-refractivity contribution in [2.24, 2.45) is 0 Å². The summed E-state index contributed by atoms with van der Waals surface area (Å²) < 4.78 is 0. The van der Waals surface area contributed by atoms with E-state index >= 15 is 0 Å². The number of aryl methyl sites for hydroxylation is 1. The van der Waals surface area contributed by atoms with Gasteiger partial charge in [-0.2, -0.15) is 5.26 Å². The number of carboxylic acids is 1. The van der Waals surface area contributed by atoms with E-state index in [2.05, 4.69) is 0 Å². The molecule has 1 N–H and O–H groups in total. The molecule has 1 aromatic carbocycles. The minimum atomic E-state index is -1.15. The largest absolute Gasteiger partial charge is 0.478 e. The average molecular weight is 232 g/mol. The Kier molecular flexibility index (Phi) is 3.57. The van der Waals surface area contributed by atoms with Crippen LogP contribution in [-0.2, 0) is 4.79 Å². The summed E-state index contributed by atoms with van der Waals surface area (Å²) in [6.45, 7) is 1.58. The van der Waals surface area contributed by atoms with Gasteiger partial charge in [-0.15, -0.1) is 0 Å². The predicted molar refractivity (Wildman–Crippen MR) is 59.2 cm³/mol. The topological polar surface area (TPSA) is 104 Å². The van der Waals surface area contributed by atoms with Crippen molar-refractivity contribution in [3.8, 4) is 6.07 Å². The smallest absolute Gasteiger partial charge is 0.328 e. The summed E-state index contributed by atoms with van der Waals surface area (Å²) in [6.07, 6.45) is 2.13. The first kappa shape index (κ1) is 12.4. The number of aliphatic carboxylic acids is 1. The molecule has 0 unspecified atom stereocenters. The second-order valence-electron chi connectivity index (χ2n) is 3.26. The van der Waals surface area contributed by atoms with Crippen LogP contribution in [0.2, 0.25) is 0 Å². The van der Waals surface area contributed by atoms with E-state index in [1.54, 1.807) is 13.0 Å². The first-order valence-corrected chi connectivity index (χ1v) is 4.56. The van der Waals surface area contributed by atoms with Crippen molar-refractivity contribution in [3.05, 3.63) is 45.0 Å². The van der Waals surface area contributed by atoms with Crippen molar-refractivity contribution in [2.75, 3.05) is 0 Å². The lowest BCUT2D eigenvalue weighted by Crippen LogP contribution is -1.95. The van der Waals surface area contributed by atoms with Crippen LogP contribution < -0.4 is 0 Å². The minimum absolute atomic E-state index is 0.0780. The summed E-state index contributed by atoms with van der Waals surface area (Å²) in [5, 5.41) is 27.9. The van der Waals surface area contributed by atoms with E-state index in [4.69, 9.17) is 10.4 Å². The normalized spacial score (nSPS) is 10.1. The third-order valence-corrected chi connectivity index (χ3v) is 2.10. The van der Waals surface area contributed by atoms with E-state index in [-0.39, 0.29) is 11.3 Å². The number of nitro benzene ring substituents is 1. The van der Waals surface area contributed by atoms with Gasteiger partial charge in [0, 0.05) is 18.2 Å². The summed E-state index contributed by atoms with van der Waals surface area (Å²) in [4.78, 5) is 20.4. The molecule has 17 heavy (non-hydrogen) atoms. The van der Waals surface area contributed by atoms with E-state index in [0.29, 0.717) is 11.1 Å². The van der Waals surface area contributed by atoms with Gasteiger partial charge >= 0.3 is 5.97 Å². The maximum absolute atomic E-state index is 10.6. The summed E-state index contributed by atoms with van der Waals surface area (Å²) in [6, 6.07) is 4.22. The zero-order chi connectivity index (χ0) is 13.0. The number of rotatable bonds is 3. The Morgan fingerprint density at radius 3 is 2.71 bits per heavy atom. The summed E-state index contributed by atoms with van der Waals surface area (Å²) in [5.74, 6) is -1.15. The molecule has 0 aliphatic rings. The first-order chi connectivity index (χ1) is 7.95. The maximum atomic E-state index is 10.6. The van der Waals surface area contributed by atoms with Crippen molar-refractivity contribution in [2.45, 2.75) is 6.92 Å². The van der Waals surface area contributed by atoms with E-state index in [9.17, 15) is 14.9 Å². The number of hydrogen-bond acceptors (Lipinski definition) is 4. The fourth-order valence-electron chi connectivity index (χ4n) is 1.35. The minimum Gasteiger partial charge on any atom is -0.478 e. The molecule has 0 bridgehead atoms. The fourth-order valence-corrected chi connectivity index (χ4v) is 1.35. The van der Waals surface area contributed by atoms with Crippen LogP contribution in [0.25, 0.3) is 6.08 Å². The van der Waals surface area contributed by atoms with Crippen LogP contribution in [0.1, 0.15) is 16.7 Å². The Hall–Kier alpha value is -2.68. The van der Waals surface area contributed by atoms with Gasteiger partial charge in [-0.05, 0) is 24.1 Å². The molecule has 0 radical (unpaired) electrons. The number of hydrogen-bond donors (Lipinski definition) is 1. The van der Waals surface area contributed by atoms with Gasteiger partial charge < -0.3 is 5.11 Å². The number of nitro groups is 1. The van der Waals surface area contributed by atoms with E-state index in [1.807, 2.05) is 0 Å². The number of nitrogens with zero attached hydrogens (tertiary/aromatic N) is 2. The fraction of sp³-hybridized carbons (Fsp3) is 0.0909. The van der Waals surface area contributed by atoms with Crippen molar-refractivity contribution >= 4 is 17.7 Å². The van der Waals surface area contributed by atoms with Crippen LogP contribution in [0.15, 0.2) is 18.2 Å². The summed E-state index contributed by atoms with van der Waals surface area (Å²) in [5.41, 5.74) is 0.745. The van der Waals surface area contributed by atoms with Crippen molar-refractivity contribution in [1.82, 2.24) is 0 Å². The van der Waals surface area contributed by atoms with Gasteiger partial charge in [-0.1, -0.05) is 0 Å². The average Bonchev–Trinajstić information content (AvgIpc) is 2.25. The Labute approximate surface area is 96.6 Å². The molecule has 0 heterocycles. The Morgan fingerprint density at radius 2 is 2.24 bits per heavy atom. The molecule has 0 saturated carbocycles. The molecule has 0 spiro atoms. The Morgan fingerprint density at radius 1 is 1.59 bits per heavy atom. The molecule has 0 aliphatic heterocycles. The number of carbonyl (C=O) groups is 1. The number of nitriles is 1. The zero-order valence-corrected chi connectivity index (χ0v) is 8.88. The molecule has 0 aromatic heterocycles. The SMILES string of the molecule is Cc1cc([N+](=O)[O-])cc(C#N)c1/C=C/C(=O)O. The molecular weight excluding hydrogens is 224 g/mol. The van der Waals surface area contributed by atoms with Gasteiger partial charge in [0.05, 0.1) is 10.5 Å². The molecular formula is C11H8N2O4. The molecule has 6 nitrogen and oxygen atoms in total. The van der Waals surface area contributed by atoms with Crippen LogP contribution in [-0.4, -0.2) is 16.0 Å². The van der Waals surface area contributed by atoms with Crippen molar-refractivity contribution in [1.29, 1.82) is 5.26 Å². The lowest BCUT2D eigenvalue weighted by Gasteiger charge is -2.02. The standard InChI is InChI=1S/C11H8N2O4/c1-7-4-9(13(16)17)5-8(6-12)10(7)2-3-11(14)15/h2-5H,1H3,(H,14,15)/b3-2+. The maximum Gasteiger partial charge on any atom is 0.328 e. The zero-order valence-electron chi connectivity index (χ0n) is 8.88. The highest BCUT2D eigenvalue weighted by Crippen LogP contribution is 2.22. The number of carboxylic acid groups (broad SMARTS) is 1. The van der Waals surface area contributed by atoms with Crippen LogP contribution in [0.3, 0.4) is 0 Å². The van der Waals surface area contributed by atoms with Gasteiger partial charge in [0.2, 0.25) is 0 Å². The molecule has 86 valence electrons. The second kappa shape index (κ2) is 4.90. The first-order valence-electron chi connectivity index (χ1n) is 4.56. The monoisotopic (exact) mass is 232 g/mol. The van der Waals surface area contributed by atoms with Gasteiger partial charge in [0.15, 0.2) is 0 Å². The molecule has 0 amide bonds. The number of benzene rings is 1. The van der Waals surface area contributed by atoms with Crippen LogP contribution in [0.4, 0.5) is 5.69 Å². The van der Waals surface area contributed by atoms with Crippen LogP contribution >= 0.6 is 0 Å². The molecule has 1 rings (SSSR count). The highest BCUT2D eigenvalue weighted by atomic mass is 16.6. The molecule has 6 heteroatoms. The lowest BCUT2D eigenvalue weighted by molar-refractivity contribution is -0.384. The van der Waals surface area contributed by atoms with Crippen molar-refractivity contribution in [3.63, 3.8) is 0 Å². The lowest BCUT2D eigenvalue weighted by atomic mass is 10.0. The Bertz CT molecular complexity index is 555. The number of non-ortho nitro benzene ring substituents is 1. The van der Waals surface area contributed by atoms with Gasteiger partial charge in [-0.25, -0.2) is 4.79 Å². The third-order valence-electron chi connectivity index (χ3n) is 2.10. The van der Waals surface area contributed by atoms with E-state index in [1.165, 1.54) is 12.1 Å². The summed E-state index contributed by atoms with van der Waals surface area (Å²) >= 11 is 0. The second-order valence-corrected chi connectivity index (χ2v) is 3.26. The molecule has 0 saturated heterocycles. The highest BCUT2D eigenvalue weighted by Gasteiger charge is 2.12. The van der Waals surface area contributed by atoms with Gasteiger partial charge in [-0.3, -0.25) is 10.1 Å². The Balaban J connectivity index is 3.37. The highest BCUT2D eigenvalue weighted by molar-refractivity contribution is 5.86. The van der Waals surface area contributed by atoms with Gasteiger partial charge in [0.1, 0.15) is 6.07 Å². The molecule has 0 aliphatic carbocycles. The predicted octanol–water partition coefficient (Wildman–Crippen LogP) is 1.87. The molecule has 0 atom stereocenters.